The van der Waals surface area contributed by atoms with Crippen molar-refractivity contribution in [2.45, 2.75) is 0 Å². The van der Waals surface area contributed by atoms with Gasteiger partial charge in [0.1, 0.15) is 0 Å². The molecule has 8 heteroatoms. The van der Waals surface area contributed by atoms with Crippen LogP contribution in [0.3, 0.4) is 0 Å². The molecule has 0 atom stereocenters. The highest BCUT2D eigenvalue weighted by Gasteiger charge is 2.30. The van der Waals surface area contributed by atoms with Gasteiger partial charge in [-0.3, -0.25) is 14.4 Å². The van der Waals surface area contributed by atoms with Crippen LogP contribution in [0.2, 0.25) is 5.02 Å². The fourth-order valence-corrected chi connectivity index (χ4v) is 3.38. The SMILES string of the molecule is O=C(C(=O)N1CCN(C(=O)c2ccco2)CC1)c1c[nH]c2ccc(Cl)cc12. The van der Waals surface area contributed by atoms with Crippen LogP contribution in [-0.4, -0.2) is 58.6 Å². The van der Waals surface area contributed by atoms with Gasteiger partial charge in [0, 0.05) is 48.3 Å². The highest BCUT2D eigenvalue weighted by Crippen LogP contribution is 2.23. The van der Waals surface area contributed by atoms with Gasteiger partial charge in [-0.2, -0.15) is 0 Å². The molecule has 2 amide bonds. The molecule has 1 N–H and O–H groups in total. The van der Waals surface area contributed by atoms with E-state index in [9.17, 15) is 14.4 Å². The van der Waals surface area contributed by atoms with E-state index in [4.69, 9.17) is 16.0 Å². The molecule has 0 bridgehead atoms. The average molecular weight is 386 g/mol. The molecule has 3 aromatic rings. The molecule has 0 radical (unpaired) electrons. The lowest BCUT2D eigenvalue weighted by Crippen LogP contribution is -2.52. The van der Waals surface area contributed by atoms with Gasteiger partial charge in [-0.15, -0.1) is 0 Å². The highest BCUT2D eigenvalue weighted by atomic mass is 35.5. The van der Waals surface area contributed by atoms with Crippen molar-refractivity contribution in [1.29, 1.82) is 0 Å². The fourth-order valence-electron chi connectivity index (χ4n) is 3.21. The van der Waals surface area contributed by atoms with E-state index in [-0.39, 0.29) is 11.7 Å². The molecule has 0 saturated carbocycles. The Morgan fingerprint density at radius 2 is 1.78 bits per heavy atom. The first kappa shape index (κ1) is 17.4. The molecule has 138 valence electrons. The summed E-state index contributed by atoms with van der Waals surface area (Å²) >= 11 is 6.00. The Morgan fingerprint density at radius 1 is 1.04 bits per heavy atom. The van der Waals surface area contributed by atoms with E-state index in [0.29, 0.717) is 42.2 Å². The maximum absolute atomic E-state index is 12.7. The van der Waals surface area contributed by atoms with Gasteiger partial charge in [-0.25, -0.2) is 0 Å². The molecule has 27 heavy (non-hydrogen) atoms. The number of Topliss-reactive ketones (excluding diaryl/α,β-unsaturated/α-hetero) is 1. The van der Waals surface area contributed by atoms with Gasteiger partial charge in [0.05, 0.1) is 11.8 Å². The summed E-state index contributed by atoms with van der Waals surface area (Å²) in [7, 11) is 0. The number of rotatable bonds is 3. The largest absolute Gasteiger partial charge is 0.459 e. The van der Waals surface area contributed by atoms with Crippen LogP contribution in [-0.2, 0) is 4.79 Å². The number of ketones is 1. The van der Waals surface area contributed by atoms with Crippen LogP contribution in [0.4, 0.5) is 0 Å². The lowest BCUT2D eigenvalue weighted by atomic mass is 10.1. The lowest BCUT2D eigenvalue weighted by Gasteiger charge is -2.33. The molecule has 2 aromatic heterocycles. The van der Waals surface area contributed by atoms with Crippen molar-refractivity contribution in [1.82, 2.24) is 14.8 Å². The van der Waals surface area contributed by atoms with E-state index in [1.165, 1.54) is 17.4 Å². The van der Waals surface area contributed by atoms with Gasteiger partial charge >= 0.3 is 0 Å². The normalized spacial score (nSPS) is 14.6. The number of nitrogens with one attached hydrogen (secondary N) is 1. The molecule has 0 aliphatic carbocycles. The van der Waals surface area contributed by atoms with E-state index >= 15 is 0 Å². The first-order valence-electron chi connectivity index (χ1n) is 8.47. The van der Waals surface area contributed by atoms with Crippen molar-refractivity contribution in [2.75, 3.05) is 26.2 Å². The summed E-state index contributed by atoms with van der Waals surface area (Å²) in [5, 5.41) is 1.11. The standard InChI is InChI=1S/C19H16ClN3O4/c20-12-3-4-15-13(10-12)14(11-21-15)17(24)19(26)23-7-5-22(6-8-23)18(25)16-2-1-9-27-16/h1-4,9-11,21H,5-8H2. The molecular weight excluding hydrogens is 370 g/mol. The minimum atomic E-state index is -0.589. The molecule has 1 aliphatic heterocycles. The van der Waals surface area contributed by atoms with Gasteiger partial charge < -0.3 is 19.2 Å². The summed E-state index contributed by atoms with van der Waals surface area (Å²) in [5.41, 5.74) is 1.04. The number of hydrogen-bond acceptors (Lipinski definition) is 4. The predicted molar refractivity (Wildman–Crippen MR) is 98.8 cm³/mol. The number of fused-ring (bicyclic) bond motifs is 1. The third kappa shape index (κ3) is 3.21. The lowest BCUT2D eigenvalue weighted by molar-refractivity contribution is -0.127. The number of halogens is 1. The van der Waals surface area contributed by atoms with E-state index in [2.05, 4.69) is 4.98 Å². The smallest absolute Gasteiger partial charge is 0.295 e. The third-order valence-electron chi connectivity index (χ3n) is 4.67. The minimum absolute atomic E-state index is 0.218. The van der Waals surface area contributed by atoms with Crippen LogP contribution >= 0.6 is 11.6 Å². The topological polar surface area (TPSA) is 86.6 Å². The van der Waals surface area contributed by atoms with E-state index in [1.54, 1.807) is 35.2 Å². The summed E-state index contributed by atoms with van der Waals surface area (Å²) < 4.78 is 5.12. The Kier molecular flexibility index (Phi) is 4.45. The molecule has 0 spiro atoms. The molecule has 7 nitrogen and oxygen atoms in total. The second-order valence-corrected chi connectivity index (χ2v) is 6.72. The maximum atomic E-state index is 12.7. The zero-order valence-electron chi connectivity index (χ0n) is 14.3. The molecule has 0 unspecified atom stereocenters. The van der Waals surface area contributed by atoms with E-state index in [0.717, 1.165) is 5.52 Å². The number of benzene rings is 1. The maximum Gasteiger partial charge on any atom is 0.295 e. The predicted octanol–water partition coefficient (Wildman–Crippen LogP) is 2.58. The number of H-pyrrole nitrogens is 1. The molecule has 3 heterocycles. The van der Waals surface area contributed by atoms with Crippen molar-refractivity contribution in [2.24, 2.45) is 0 Å². The molecule has 4 rings (SSSR count). The van der Waals surface area contributed by atoms with Crippen molar-refractivity contribution >= 4 is 40.1 Å². The van der Waals surface area contributed by atoms with Gasteiger partial charge in [-0.1, -0.05) is 11.6 Å². The highest BCUT2D eigenvalue weighted by molar-refractivity contribution is 6.45. The zero-order chi connectivity index (χ0) is 19.0. The van der Waals surface area contributed by atoms with Crippen molar-refractivity contribution in [3.05, 3.63) is 59.1 Å². The number of aromatic amines is 1. The third-order valence-corrected chi connectivity index (χ3v) is 4.90. The van der Waals surface area contributed by atoms with Gasteiger partial charge in [-0.05, 0) is 30.3 Å². The summed E-state index contributed by atoms with van der Waals surface area (Å²) in [6.45, 7) is 1.27. The first-order valence-corrected chi connectivity index (χ1v) is 8.85. The Morgan fingerprint density at radius 3 is 2.48 bits per heavy atom. The Hall–Kier alpha value is -3.06. The van der Waals surface area contributed by atoms with E-state index < -0.39 is 11.7 Å². The van der Waals surface area contributed by atoms with Gasteiger partial charge in [0.2, 0.25) is 0 Å². The molecule has 1 aromatic carbocycles. The molecular formula is C19H16ClN3O4. The van der Waals surface area contributed by atoms with Crippen LogP contribution in [0.1, 0.15) is 20.9 Å². The quantitative estimate of drug-likeness (QED) is 0.554. The second-order valence-electron chi connectivity index (χ2n) is 6.28. The number of carbonyl (C=O) groups is 3. The average Bonchev–Trinajstić information content (AvgIpc) is 3.36. The van der Waals surface area contributed by atoms with Crippen molar-refractivity contribution in [3.63, 3.8) is 0 Å². The minimum Gasteiger partial charge on any atom is -0.459 e. The summed E-state index contributed by atoms with van der Waals surface area (Å²) in [4.78, 5) is 43.7. The Balaban J connectivity index is 1.45. The van der Waals surface area contributed by atoms with E-state index in [1.807, 2.05) is 0 Å². The number of nitrogens with zero attached hydrogens (tertiary/aromatic N) is 2. The fraction of sp³-hybridized carbons (Fsp3) is 0.211. The van der Waals surface area contributed by atoms with Gasteiger partial charge in [0.25, 0.3) is 17.6 Å². The number of piperazine rings is 1. The number of hydrogen-bond donors (Lipinski definition) is 1. The van der Waals surface area contributed by atoms with Crippen LogP contribution in [0.5, 0.6) is 0 Å². The van der Waals surface area contributed by atoms with Crippen LogP contribution in [0.15, 0.2) is 47.2 Å². The zero-order valence-corrected chi connectivity index (χ0v) is 15.0. The Labute approximate surface area is 159 Å². The van der Waals surface area contributed by atoms with Gasteiger partial charge in [0.15, 0.2) is 5.76 Å². The first-order chi connectivity index (χ1) is 13.0. The molecule has 1 fully saturated rings. The number of aromatic nitrogens is 1. The monoisotopic (exact) mass is 385 g/mol. The summed E-state index contributed by atoms with van der Waals surface area (Å²) in [6.07, 6.45) is 2.97. The van der Waals surface area contributed by atoms with Crippen LogP contribution in [0, 0.1) is 0 Å². The van der Waals surface area contributed by atoms with Crippen molar-refractivity contribution in [3.8, 4) is 0 Å². The summed E-state index contributed by atoms with van der Waals surface area (Å²) in [6, 6.07) is 8.39. The van der Waals surface area contributed by atoms with Crippen LogP contribution in [0.25, 0.3) is 10.9 Å². The number of furan rings is 1. The summed E-state index contributed by atoms with van der Waals surface area (Å²) in [5.74, 6) is -1.12. The number of amides is 2. The molecule has 1 saturated heterocycles. The number of carbonyl (C=O) groups excluding carboxylic acids is 3. The Bertz CT molecular complexity index is 1020. The van der Waals surface area contributed by atoms with Crippen molar-refractivity contribution < 1.29 is 18.8 Å². The second kappa shape index (κ2) is 6.92. The molecule has 1 aliphatic rings. The van der Waals surface area contributed by atoms with Crippen LogP contribution < -0.4 is 0 Å².